The van der Waals surface area contributed by atoms with Crippen molar-refractivity contribution in [2.45, 2.75) is 25.7 Å². The summed E-state index contributed by atoms with van der Waals surface area (Å²) in [6, 6.07) is 7.65. The van der Waals surface area contributed by atoms with Crippen LogP contribution < -0.4 is 4.74 Å². The standard InChI is InChI=1S/C13H14BrNO2/c1-9(16)7-13(2,8-15)10-4-5-11(14)12(6-10)17-3/h4-6H,7H2,1-3H3. The molecule has 0 heterocycles. The van der Waals surface area contributed by atoms with Gasteiger partial charge in [-0.05, 0) is 47.5 Å². The highest BCUT2D eigenvalue weighted by Crippen LogP contribution is 2.33. The molecule has 0 saturated heterocycles. The third-order valence-corrected chi connectivity index (χ3v) is 3.29. The number of halogens is 1. The number of rotatable bonds is 4. The van der Waals surface area contributed by atoms with Gasteiger partial charge in [0.1, 0.15) is 11.5 Å². The van der Waals surface area contributed by atoms with Crippen LogP contribution in [0.1, 0.15) is 25.8 Å². The summed E-state index contributed by atoms with van der Waals surface area (Å²) in [6.07, 6.45) is 0.203. The number of nitriles is 1. The zero-order chi connectivity index (χ0) is 13.1. The Morgan fingerprint density at radius 1 is 1.59 bits per heavy atom. The molecule has 90 valence electrons. The molecule has 1 aromatic carbocycles. The highest BCUT2D eigenvalue weighted by molar-refractivity contribution is 9.10. The van der Waals surface area contributed by atoms with Crippen molar-refractivity contribution in [2.24, 2.45) is 0 Å². The summed E-state index contributed by atoms with van der Waals surface area (Å²) in [5, 5.41) is 9.27. The van der Waals surface area contributed by atoms with Crippen LogP contribution in [0.2, 0.25) is 0 Å². The fourth-order valence-corrected chi connectivity index (χ4v) is 2.12. The number of hydrogen-bond donors (Lipinski definition) is 0. The zero-order valence-corrected chi connectivity index (χ0v) is 11.7. The predicted octanol–water partition coefficient (Wildman–Crippen LogP) is 3.22. The molecule has 0 saturated carbocycles. The molecular weight excluding hydrogens is 282 g/mol. The molecule has 0 amide bonds. The molecule has 1 unspecified atom stereocenters. The third-order valence-electron chi connectivity index (χ3n) is 2.64. The van der Waals surface area contributed by atoms with E-state index in [4.69, 9.17) is 4.74 Å². The van der Waals surface area contributed by atoms with Crippen LogP contribution in [-0.4, -0.2) is 12.9 Å². The van der Waals surface area contributed by atoms with Crippen molar-refractivity contribution < 1.29 is 9.53 Å². The van der Waals surface area contributed by atoms with Gasteiger partial charge in [0.05, 0.1) is 23.1 Å². The predicted molar refractivity (Wildman–Crippen MR) is 69.0 cm³/mol. The normalized spacial score (nSPS) is 13.6. The maximum absolute atomic E-state index is 11.2. The summed E-state index contributed by atoms with van der Waals surface area (Å²) >= 11 is 3.36. The summed E-state index contributed by atoms with van der Waals surface area (Å²) in [7, 11) is 1.57. The molecular formula is C13H14BrNO2. The monoisotopic (exact) mass is 295 g/mol. The minimum atomic E-state index is -0.806. The van der Waals surface area contributed by atoms with E-state index in [0.29, 0.717) is 5.75 Å². The number of ketones is 1. The highest BCUT2D eigenvalue weighted by Gasteiger charge is 2.28. The number of carbonyl (C=O) groups excluding carboxylic acids is 1. The number of carbonyl (C=O) groups is 1. The van der Waals surface area contributed by atoms with Crippen molar-refractivity contribution >= 4 is 21.7 Å². The van der Waals surface area contributed by atoms with Crippen LogP contribution >= 0.6 is 15.9 Å². The lowest BCUT2D eigenvalue weighted by Crippen LogP contribution is -2.22. The van der Waals surface area contributed by atoms with Crippen LogP contribution in [0.3, 0.4) is 0 Å². The Hall–Kier alpha value is -1.34. The van der Waals surface area contributed by atoms with Crippen LogP contribution in [0.5, 0.6) is 5.75 Å². The van der Waals surface area contributed by atoms with Crippen molar-refractivity contribution in [3.63, 3.8) is 0 Å². The van der Waals surface area contributed by atoms with Crippen LogP contribution in [0.15, 0.2) is 22.7 Å². The van der Waals surface area contributed by atoms with Crippen LogP contribution in [0, 0.1) is 11.3 Å². The number of benzene rings is 1. The van der Waals surface area contributed by atoms with Crippen LogP contribution in [0.25, 0.3) is 0 Å². The van der Waals surface area contributed by atoms with Gasteiger partial charge in [0, 0.05) is 6.42 Å². The van der Waals surface area contributed by atoms with Gasteiger partial charge >= 0.3 is 0 Å². The first-order valence-corrected chi connectivity index (χ1v) is 5.97. The van der Waals surface area contributed by atoms with E-state index >= 15 is 0 Å². The smallest absolute Gasteiger partial charge is 0.133 e. The Balaban J connectivity index is 3.22. The lowest BCUT2D eigenvalue weighted by molar-refractivity contribution is -0.117. The number of hydrogen-bond acceptors (Lipinski definition) is 3. The molecule has 0 radical (unpaired) electrons. The fraction of sp³-hybridized carbons (Fsp3) is 0.385. The maximum atomic E-state index is 11.2. The van der Waals surface area contributed by atoms with Gasteiger partial charge in [0.15, 0.2) is 0 Å². The first kappa shape index (κ1) is 13.7. The topological polar surface area (TPSA) is 50.1 Å². The SMILES string of the molecule is COc1cc(C(C)(C#N)CC(C)=O)ccc1Br. The van der Waals surface area contributed by atoms with Crippen LogP contribution in [0.4, 0.5) is 0 Å². The number of nitrogens with zero attached hydrogens (tertiary/aromatic N) is 1. The van der Waals surface area contributed by atoms with Gasteiger partial charge in [-0.25, -0.2) is 0 Å². The van der Waals surface area contributed by atoms with Crippen LogP contribution in [-0.2, 0) is 10.2 Å². The number of methoxy groups -OCH3 is 1. The van der Waals surface area contributed by atoms with E-state index in [2.05, 4.69) is 22.0 Å². The quantitative estimate of drug-likeness (QED) is 0.857. The average molecular weight is 296 g/mol. The largest absolute Gasteiger partial charge is 0.496 e. The molecule has 1 atom stereocenters. The van der Waals surface area contributed by atoms with Gasteiger partial charge in [0.25, 0.3) is 0 Å². The first-order chi connectivity index (χ1) is 7.92. The molecule has 0 N–H and O–H groups in total. The first-order valence-electron chi connectivity index (χ1n) is 5.17. The van der Waals surface area contributed by atoms with Crippen molar-refractivity contribution in [3.05, 3.63) is 28.2 Å². The fourth-order valence-electron chi connectivity index (χ4n) is 1.71. The van der Waals surface area contributed by atoms with E-state index in [-0.39, 0.29) is 12.2 Å². The average Bonchev–Trinajstić information content (AvgIpc) is 2.28. The van der Waals surface area contributed by atoms with Gasteiger partial charge < -0.3 is 4.74 Å². The molecule has 1 aromatic rings. The Morgan fingerprint density at radius 2 is 2.24 bits per heavy atom. The molecule has 0 aromatic heterocycles. The Kier molecular flexibility index (Phi) is 4.30. The molecule has 0 spiro atoms. The van der Waals surface area contributed by atoms with Crippen molar-refractivity contribution in [1.29, 1.82) is 5.26 Å². The Bertz CT molecular complexity index is 479. The number of Topliss-reactive ketones (excluding diaryl/α,β-unsaturated/α-hetero) is 1. The summed E-state index contributed by atoms with van der Waals surface area (Å²) < 4.78 is 6.01. The minimum Gasteiger partial charge on any atom is -0.496 e. The zero-order valence-electron chi connectivity index (χ0n) is 10.1. The molecule has 3 nitrogen and oxygen atoms in total. The van der Waals surface area contributed by atoms with Gasteiger partial charge in [-0.15, -0.1) is 0 Å². The van der Waals surface area contributed by atoms with Gasteiger partial charge in [-0.1, -0.05) is 6.07 Å². The second-order valence-electron chi connectivity index (χ2n) is 4.17. The third kappa shape index (κ3) is 3.07. The maximum Gasteiger partial charge on any atom is 0.133 e. The van der Waals surface area contributed by atoms with Crippen molar-refractivity contribution in [3.8, 4) is 11.8 Å². The van der Waals surface area contributed by atoms with E-state index in [0.717, 1.165) is 10.0 Å². The summed E-state index contributed by atoms with van der Waals surface area (Å²) in [5.74, 6) is 0.656. The van der Waals surface area contributed by atoms with Crippen molar-refractivity contribution in [2.75, 3.05) is 7.11 Å². The van der Waals surface area contributed by atoms with Crippen molar-refractivity contribution in [1.82, 2.24) is 0 Å². The summed E-state index contributed by atoms with van der Waals surface area (Å²) in [5.41, 5.74) is -0.0185. The lowest BCUT2D eigenvalue weighted by atomic mass is 9.80. The molecule has 4 heteroatoms. The van der Waals surface area contributed by atoms with Gasteiger partial charge in [-0.3, -0.25) is 4.79 Å². The lowest BCUT2D eigenvalue weighted by Gasteiger charge is -2.21. The molecule has 17 heavy (non-hydrogen) atoms. The molecule has 1 rings (SSSR count). The van der Waals surface area contributed by atoms with Gasteiger partial charge in [0.2, 0.25) is 0 Å². The van der Waals surface area contributed by atoms with E-state index in [1.54, 1.807) is 20.1 Å². The summed E-state index contributed by atoms with van der Waals surface area (Å²) in [4.78, 5) is 11.2. The van der Waals surface area contributed by atoms with E-state index in [9.17, 15) is 10.1 Å². The second kappa shape index (κ2) is 5.33. The molecule has 0 aliphatic rings. The second-order valence-corrected chi connectivity index (χ2v) is 5.03. The minimum absolute atomic E-state index is 0.00376. The summed E-state index contributed by atoms with van der Waals surface area (Å²) in [6.45, 7) is 3.25. The highest BCUT2D eigenvalue weighted by atomic mass is 79.9. The molecule has 0 bridgehead atoms. The van der Waals surface area contributed by atoms with E-state index in [1.807, 2.05) is 12.1 Å². The van der Waals surface area contributed by atoms with E-state index in [1.165, 1.54) is 6.92 Å². The molecule has 0 fully saturated rings. The van der Waals surface area contributed by atoms with Gasteiger partial charge in [-0.2, -0.15) is 5.26 Å². The Morgan fingerprint density at radius 3 is 2.71 bits per heavy atom. The van der Waals surface area contributed by atoms with E-state index < -0.39 is 5.41 Å². The Labute approximate surface area is 110 Å². The molecule has 0 aliphatic carbocycles. The molecule has 0 aliphatic heterocycles. The number of ether oxygens (including phenoxy) is 1.